The van der Waals surface area contributed by atoms with E-state index in [-0.39, 0.29) is 13.1 Å². The van der Waals surface area contributed by atoms with E-state index in [0.717, 1.165) is 0 Å². The first-order valence-corrected chi connectivity index (χ1v) is 5.54. The number of amides is 1. The molecule has 0 aliphatic carbocycles. The van der Waals surface area contributed by atoms with Gasteiger partial charge in [0.2, 0.25) is 9.05 Å². The van der Waals surface area contributed by atoms with Crippen LogP contribution in [0, 0.1) is 0 Å². The minimum absolute atomic E-state index is 0.105. The molecule has 4 nitrogen and oxygen atoms in total. The van der Waals surface area contributed by atoms with Crippen molar-refractivity contribution >= 4 is 36.7 Å². The van der Waals surface area contributed by atoms with Crippen molar-refractivity contribution in [1.82, 2.24) is 4.90 Å². The van der Waals surface area contributed by atoms with E-state index in [1.54, 1.807) is 0 Å². The monoisotopic (exact) mass is 217 g/mol. The van der Waals surface area contributed by atoms with Gasteiger partial charge in [-0.15, -0.1) is 0 Å². The first-order valence-electron chi connectivity index (χ1n) is 2.79. The molecule has 0 aromatic rings. The first kappa shape index (κ1) is 9.09. The number of halogens is 2. The summed E-state index contributed by atoms with van der Waals surface area (Å²) in [5.74, 6) is 0. The van der Waals surface area contributed by atoms with Crippen molar-refractivity contribution in [3.05, 3.63) is 0 Å². The fourth-order valence-corrected chi connectivity index (χ4v) is 1.95. The summed E-state index contributed by atoms with van der Waals surface area (Å²) in [6, 6.07) is 0. The van der Waals surface area contributed by atoms with Crippen molar-refractivity contribution in [1.29, 1.82) is 0 Å². The topological polar surface area (TPSA) is 54.5 Å². The summed E-state index contributed by atoms with van der Waals surface area (Å²) < 4.78 is 21.1. The van der Waals surface area contributed by atoms with Gasteiger partial charge in [0.05, 0.1) is 0 Å². The minimum Gasteiger partial charge on any atom is -0.326 e. The molecule has 0 aromatic carbocycles. The second kappa shape index (κ2) is 2.80. The van der Waals surface area contributed by atoms with Crippen LogP contribution in [0.15, 0.2) is 0 Å². The van der Waals surface area contributed by atoms with E-state index in [1.165, 1.54) is 4.90 Å². The van der Waals surface area contributed by atoms with Gasteiger partial charge in [0, 0.05) is 23.8 Å². The number of hydrogen-bond acceptors (Lipinski definition) is 3. The molecule has 1 rings (SSSR count). The molecular formula is C4H5Cl2NO3S. The Hall–Kier alpha value is -0.000000000000000111. The number of carbonyl (C=O) groups is 1. The van der Waals surface area contributed by atoms with Gasteiger partial charge >= 0.3 is 5.37 Å². The van der Waals surface area contributed by atoms with Gasteiger partial charge in [-0.3, -0.25) is 4.79 Å². The number of likely N-dealkylation sites (tertiary alicyclic amines) is 1. The molecule has 0 radical (unpaired) electrons. The lowest BCUT2D eigenvalue weighted by atomic mass is 10.2. The zero-order chi connectivity index (χ0) is 8.65. The summed E-state index contributed by atoms with van der Waals surface area (Å²) in [5, 5.41) is -1.28. The van der Waals surface area contributed by atoms with E-state index in [0.29, 0.717) is 0 Å². The van der Waals surface area contributed by atoms with Gasteiger partial charge in [0.1, 0.15) is 5.25 Å². The zero-order valence-electron chi connectivity index (χ0n) is 5.33. The molecule has 0 spiro atoms. The van der Waals surface area contributed by atoms with E-state index < -0.39 is 19.7 Å². The standard InChI is InChI=1S/C4H5Cl2NO3S/c5-4(8)7-1-3(2-7)11(6,9)10/h3H,1-2H2. The SMILES string of the molecule is O=C(Cl)N1CC(S(=O)(=O)Cl)C1. The summed E-state index contributed by atoms with van der Waals surface area (Å²) in [6.45, 7) is 0.211. The highest BCUT2D eigenvalue weighted by Gasteiger charge is 2.38. The number of hydrogen-bond donors (Lipinski definition) is 0. The van der Waals surface area contributed by atoms with Gasteiger partial charge in [0.25, 0.3) is 0 Å². The van der Waals surface area contributed by atoms with Gasteiger partial charge in [-0.1, -0.05) is 0 Å². The molecule has 0 aromatic heterocycles. The van der Waals surface area contributed by atoms with E-state index in [9.17, 15) is 13.2 Å². The second-order valence-electron chi connectivity index (χ2n) is 2.26. The van der Waals surface area contributed by atoms with Gasteiger partial charge in [-0.05, 0) is 11.6 Å². The van der Waals surface area contributed by atoms with Crippen LogP contribution in [0.2, 0.25) is 0 Å². The van der Waals surface area contributed by atoms with Gasteiger partial charge in [0.15, 0.2) is 0 Å². The molecule has 1 aliphatic heterocycles. The van der Waals surface area contributed by atoms with Gasteiger partial charge in [-0.25, -0.2) is 8.42 Å². The van der Waals surface area contributed by atoms with Crippen LogP contribution in [-0.4, -0.2) is 37.0 Å². The Balaban J connectivity index is 2.48. The fraction of sp³-hybridized carbons (Fsp3) is 0.750. The summed E-state index contributed by atoms with van der Waals surface area (Å²) in [7, 11) is 1.48. The maximum Gasteiger partial charge on any atom is 0.316 e. The number of carbonyl (C=O) groups excluding carboxylic acids is 1. The first-order chi connectivity index (χ1) is 4.91. The molecule has 1 heterocycles. The molecule has 1 saturated heterocycles. The van der Waals surface area contributed by atoms with Crippen molar-refractivity contribution in [2.75, 3.05) is 13.1 Å². The van der Waals surface area contributed by atoms with Crippen molar-refractivity contribution in [3.8, 4) is 0 Å². The molecule has 0 atom stereocenters. The predicted octanol–water partition coefficient (Wildman–Crippen LogP) is 0.598. The Morgan fingerprint density at radius 1 is 1.45 bits per heavy atom. The van der Waals surface area contributed by atoms with Crippen LogP contribution < -0.4 is 0 Å². The molecule has 0 bridgehead atoms. The lowest BCUT2D eigenvalue weighted by Gasteiger charge is -2.35. The summed E-state index contributed by atoms with van der Waals surface area (Å²) in [6.07, 6.45) is 0. The smallest absolute Gasteiger partial charge is 0.316 e. The highest BCUT2D eigenvalue weighted by atomic mass is 35.7. The molecule has 1 fully saturated rings. The number of rotatable bonds is 1. The van der Waals surface area contributed by atoms with Crippen molar-refractivity contribution in [3.63, 3.8) is 0 Å². The van der Waals surface area contributed by atoms with Crippen LogP contribution in [0.3, 0.4) is 0 Å². The molecule has 0 unspecified atom stereocenters. The Labute approximate surface area is 73.5 Å². The normalized spacial score (nSPS) is 19.6. The van der Waals surface area contributed by atoms with Crippen molar-refractivity contribution in [2.45, 2.75) is 5.25 Å². The van der Waals surface area contributed by atoms with Crippen LogP contribution in [0.1, 0.15) is 0 Å². The Bertz CT molecular complexity index is 269. The van der Waals surface area contributed by atoms with Crippen molar-refractivity contribution < 1.29 is 13.2 Å². The van der Waals surface area contributed by atoms with Crippen molar-refractivity contribution in [2.24, 2.45) is 0 Å². The fourth-order valence-electron chi connectivity index (χ4n) is 0.760. The third-order valence-corrected chi connectivity index (χ3v) is 3.58. The molecular weight excluding hydrogens is 213 g/mol. The lowest BCUT2D eigenvalue weighted by molar-refractivity contribution is 0.193. The molecule has 0 N–H and O–H groups in total. The number of nitrogens with zero attached hydrogens (tertiary/aromatic N) is 1. The molecule has 64 valence electrons. The molecule has 1 amide bonds. The third kappa shape index (κ3) is 1.98. The van der Waals surface area contributed by atoms with E-state index in [2.05, 4.69) is 0 Å². The van der Waals surface area contributed by atoms with Crippen LogP contribution in [-0.2, 0) is 9.05 Å². The highest BCUT2D eigenvalue weighted by molar-refractivity contribution is 8.14. The Morgan fingerprint density at radius 2 is 1.91 bits per heavy atom. The van der Waals surface area contributed by atoms with E-state index in [4.69, 9.17) is 22.3 Å². The summed E-state index contributed by atoms with van der Waals surface area (Å²) in [4.78, 5) is 11.6. The van der Waals surface area contributed by atoms with Crippen LogP contribution in [0.5, 0.6) is 0 Å². The Kier molecular flexibility index (Phi) is 2.32. The predicted molar refractivity (Wildman–Crippen MR) is 41.4 cm³/mol. The van der Waals surface area contributed by atoms with Crippen LogP contribution in [0.4, 0.5) is 4.79 Å². The largest absolute Gasteiger partial charge is 0.326 e. The highest BCUT2D eigenvalue weighted by Crippen LogP contribution is 2.20. The summed E-state index contributed by atoms with van der Waals surface area (Å²) >= 11 is 5.04. The van der Waals surface area contributed by atoms with Crippen LogP contribution >= 0.6 is 22.3 Å². The molecule has 11 heavy (non-hydrogen) atoms. The van der Waals surface area contributed by atoms with E-state index in [1.807, 2.05) is 0 Å². The lowest BCUT2D eigenvalue weighted by Crippen LogP contribution is -2.54. The zero-order valence-corrected chi connectivity index (χ0v) is 7.66. The third-order valence-electron chi connectivity index (χ3n) is 1.49. The second-order valence-corrected chi connectivity index (χ2v) is 5.49. The minimum atomic E-state index is -3.51. The quantitative estimate of drug-likeness (QED) is 0.478. The average molecular weight is 218 g/mol. The van der Waals surface area contributed by atoms with Gasteiger partial charge < -0.3 is 4.90 Å². The van der Waals surface area contributed by atoms with E-state index >= 15 is 0 Å². The maximum atomic E-state index is 10.6. The molecule has 1 aliphatic rings. The maximum absolute atomic E-state index is 10.6. The summed E-state index contributed by atoms with van der Waals surface area (Å²) in [5.41, 5.74) is 0. The van der Waals surface area contributed by atoms with Crippen LogP contribution in [0.25, 0.3) is 0 Å². The Morgan fingerprint density at radius 3 is 2.18 bits per heavy atom. The average Bonchev–Trinajstić information content (AvgIpc) is 1.51. The molecule has 7 heteroatoms. The van der Waals surface area contributed by atoms with Gasteiger partial charge in [-0.2, -0.15) is 0 Å². The molecule has 0 saturated carbocycles.